The summed E-state index contributed by atoms with van der Waals surface area (Å²) < 4.78 is 7.84. The topological polar surface area (TPSA) is 100 Å². The Balaban J connectivity index is 1.73. The molecule has 0 spiro atoms. The van der Waals surface area contributed by atoms with Crippen LogP contribution >= 0.6 is 0 Å². The van der Waals surface area contributed by atoms with E-state index in [4.69, 9.17) is 9.72 Å². The zero-order valence-electron chi connectivity index (χ0n) is 22.7. The summed E-state index contributed by atoms with van der Waals surface area (Å²) in [5.41, 5.74) is 3.68. The molecule has 0 saturated carbocycles. The highest BCUT2D eigenvalue weighted by Crippen LogP contribution is 2.27. The number of ether oxygens (including phenoxy) is 1. The fourth-order valence-corrected chi connectivity index (χ4v) is 4.26. The molecule has 0 aliphatic heterocycles. The van der Waals surface area contributed by atoms with Crippen LogP contribution in [0.2, 0.25) is 0 Å². The standard InChI is InChI=1S/C30H38N4O3/c1-7-34-19-26(33-29(34)30(4,5)6)22-10-8-21(9-11-22)16-25(14-15-35)32-28(36)23-12-13-27(37-20(2)3)24(17-23)18-31/h8-13,17,19-20,25,35H,7,14-16H2,1-6H3,(H,32,36)/t25-/m1/s1. The number of nitrogens with zero attached hydrogens (tertiary/aromatic N) is 3. The van der Waals surface area contributed by atoms with Gasteiger partial charge in [-0.25, -0.2) is 4.98 Å². The minimum atomic E-state index is -0.289. The lowest BCUT2D eigenvalue weighted by atomic mass is 9.95. The second kappa shape index (κ2) is 12.1. The lowest BCUT2D eigenvalue weighted by Gasteiger charge is -2.19. The first kappa shape index (κ1) is 27.9. The van der Waals surface area contributed by atoms with Gasteiger partial charge in [0.05, 0.1) is 17.4 Å². The van der Waals surface area contributed by atoms with Crippen LogP contribution in [0.4, 0.5) is 0 Å². The van der Waals surface area contributed by atoms with Crippen molar-refractivity contribution in [2.75, 3.05) is 6.61 Å². The van der Waals surface area contributed by atoms with Gasteiger partial charge in [-0.1, -0.05) is 45.0 Å². The number of rotatable bonds is 10. The highest BCUT2D eigenvalue weighted by molar-refractivity contribution is 5.95. The molecule has 1 heterocycles. The Labute approximate surface area is 220 Å². The minimum Gasteiger partial charge on any atom is -0.490 e. The molecule has 37 heavy (non-hydrogen) atoms. The molecule has 1 aromatic heterocycles. The van der Waals surface area contributed by atoms with Crippen LogP contribution < -0.4 is 10.1 Å². The van der Waals surface area contributed by atoms with Gasteiger partial charge in [-0.2, -0.15) is 5.26 Å². The predicted molar refractivity (Wildman–Crippen MR) is 146 cm³/mol. The van der Waals surface area contributed by atoms with Gasteiger partial charge in [0.2, 0.25) is 0 Å². The Hall–Kier alpha value is -3.63. The average molecular weight is 503 g/mol. The Morgan fingerprint density at radius 3 is 2.43 bits per heavy atom. The summed E-state index contributed by atoms with van der Waals surface area (Å²) >= 11 is 0. The molecule has 0 aliphatic rings. The van der Waals surface area contributed by atoms with Gasteiger partial charge in [0.15, 0.2) is 0 Å². The molecule has 0 bridgehead atoms. The molecule has 3 aromatic rings. The number of aliphatic hydroxyl groups excluding tert-OH is 1. The number of nitrogens with one attached hydrogen (secondary N) is 1. The van der Waals surface area contributed by atoms with E-state index in [0.29, 0.717) is 29.7 Å². The molecular formula is C30H38N4O3. The zero-order chi connectivity index (χ0) is 27.2. The van der Waals surface area contributed by atoms with E-state index in [1.165, 1.54) is 0 Å². The van der Waals surface area contributed by atoms with Crippen molar-refractivity contribution in [1.82, 2.24) is 14.9 Å². The van der Waals surface area contributed by atoms with E-state index in [0.717, 1.165) is 29.2 Å². The van der Waals surface area contributed by atoms with Gasteiger partial charge in [0, 0.05) is 41.9 Å². The first-order chi connectivity index (χ1) is 17.5. The van der Waals surface area contributed by atoms with E-state index in [2.05, 4.69) is 62.0 Å². The summed E-state index contributed by atoms with van der Waals surface area (Å²) in [5, 5.41) is 22.1. The Morgan fingerprint density at radius 1 is 1.19 bits per heavy atom. The SMILES string of the molecule is CCn1cc(-c2ccc(C[C@@H](CCO)NC(=O)c3ccc(OC(C)C)c(C#N)c3)cc2)nc1C(C)(C)C. The first-order valence-corrected chi connectivity index (χ1v) is 12.8. The predicted octanol–water partition coefficient (Wildman–Crippen LogP) is 5.25. The molecule has 0 radical (unpaired) electrons. The maximum absolute atomic E-state index is 13.0. The second-order valence-electron chi connectivity index (χ2n) is 10.6. The maximum Gasteiger partial charge on any atom is 0.251 e. The number of aliphatic hydroxyl groups is 1. The number of nitriles is 1. The fraction of sp³-hybridized carbons (Fsp3) is 0.433. The third-order valence-corrected chi connectivity index (χ3v) is 6.06. The molecule has 1 atom stereocenters. The van der Waals surface area contributed by atoms with Crippen LogP contribution in [0, 0.1) is 11.3 Å². The molecule has 0 saturated heterocycles. The monoisotopic (exact) mass is 502 g/mol. The molecule has 0 unspecified atom stereocenters. The third kappa shape index (κ3) is 7.21. The number of aryl methyl sites for hydroxylation is 1. The van der Waals surface area contributed by atoms with Crippen LogP contribution in [0.15, 0.2) is 48.7 Å². The van der Waals surface area contributed by atoms with Crippen molar-refractivity contribution in [3.63, 3.8) is 0 Å². The average Bonchev–Trinajstić information content (AvgIpc) is 3.30. The van der Waals surface area contributed by atoms with Crippen molar-refractivity contribution in [2.45, 2.75) is 78.5 Å². The normalized spacial score (nSPS) is 12.3. The van der Waals surface area contributed by atoms with Crippen molar-refractivity contribution < 1.29 is 14.6 Å². The van der Waals surface area contributed by atoms with Crippen molar-refractivity contribution in [3.05, 3.63) is 71.2 Å². The van der Waals surface area contributed by atoms with Crippen molar-refractivity contribution >= 4 is 5.91 Å². The summed E-state index contributed by atoms with van der Waals surface area (Å²) in [6.07, 6.45) is 3.01. The molecule has 0 fully saturated rings. The smallest absolute Gasteiger partial charge is 0.251 e. The molecular weight excluding hydrogens is 464 g/mol. The lowest BCUT2D eigenvalue weighted by Crippen LogP contribution is -2.37. The van der Waals surface area contributed by atoms with Gasteiger partial charge in [-0.3, -0.25) is 4.79 Å². The summed E-state index contributed by atoms with van der Waals surface area (Å²) in [6.45, 7) is 13.2. The van der Waals surface area contributed by atoms with Crippen molar-refractivity contribution in [3.8, 4) is 23.1 Å². The Morgan fingerprint density at radius 2 is 1.89 bits per heavy atom. The highest BCUT2D eigenvalue weighted by atomic mass is 16.5. The largest absolute Gasteiger partial charge is 0.490 e. The van der Waals surface area contributed by atoms with Crippen LogP contribution in [0.1, 0.15) is 75.3 Å². The molecule has 7 heteroatoms. The molecule has 0 aliphatic carbocycles. The van der Waals surface area contributed by atoms with Gasteiger partial charge in [0.25, 0.3) is 5.91 Å². The van der Waals surface area contributed by atoms with Crippen molar-refractivity contribution in [2.24, 2.45) is 0 Å². The molecule has 3 rings (SSSR count). The van der Waals surface area contributed by atoms with E-state index < -0.39 is 0 Å². The van der Waals surface area contributed by atoms with E-state index in [1.807, 2.05) is 26.0 Å². The number of amides is 1. The number of benzene rings is 2. The number of hydrogen-bond acceptors (Lipinski definition) is 5. The lowest BCUT2D eigenvalue weighted by molar-refractivity contribution is 0.0930. The highest BCUT2D eigenvalue weighted by Gasteiger charge is 2.22. The fourth-order valence-electron chi connectivity index (χ4n) is 4.26. The molecule has 1 amide bonds. The van der Waals surface area contributed by atoms with Crippen LogP contribution in [0.5, 0.6) is 5.75 Å². The van der Waals surface area contributed by atoms with Crippen molar-refractivity contribution in [1.29, 1.82) is 5.26 Å². The molecule has 2 N–H and O–H groups in total. The maximum atomic E-state index is 13.0. The zero-order valence-corrected chi connectivity index (χ0v) is 22.7. The van der Waals surface area contributed by atoms with E-state index in [1.54, 1.807) is 18.2 Å². The van der Waals surface area contributed by atoms with Crippen LogP contribution in [-0.4, -0.2) is 39.3 Å². The van der Waals surface area contributed by atoms with Crippen LogP contribution in [0.3, 0.4) is 0 Å². The number of hydrogen-bond donors (Lipinski definition) is 2. The van der Waals surface area contributed by atoms with Crippen LogP contribution in [0.25, 0.3) is 11.3 Å². The Bertz CT molecular complexity index is 1250. The third-order valence-electron chi connectivity index (χ3n) is 6.06. The number of aromatic nitrogens is 2. The van der Waals surface area contributed by atoms with Gasteiger partial charge in [-0.05, 0) is 57.4 Å². The van der Waals surface area contributed by atoms with Gasteiger partial charge in [-0.15, -0.1) is 0 Å². The Kier molecular flexibility index (Phi) is 9.12. The summed E-state index contributed by atoms with van der Waals surface area (Å²) in [7, 11) is 0. The number of carbonyl (C=O) groups is 1. The number of imidazole rings is 1. The van der Waals surface area contributed by atoms with E-state index in [9.17, 15) is 15.2 Å². The first-order valence-electron chi connectivity index (χ1n) is 12.8. The second-order valence-corrected chi connectivity index (χ2v) is 10.6. The molecule has 196 valence electrons. The molecule has 2 aromatic carbocycles. The number of carbonyl (C=O) groups excluding carboxylic acids is 1. The summed E-state index contributed by atoms with van der Waals surface area (Å²) in [5.74, 6) is 1.23. The van der Waals surface area contributed by atoms with Gasteiger partial charge < -0.3 is 19.7 Å². The van der Waals surface area contributed by atoms with Gasteiger partial charge in [0.1, 0.15) is 17.6 Å². The van der Waals surface area contributed by atoms with Gasteiger partial charge >= 0.3 is 0 Å². The summed E-state index contributed by atoms with van der Waals surface area (Å²) in [6, 6.07) is 14.9. The van der Waals surface area contributed by atoms with E-state index in [-0.39, 0.29) is 30.1 Å². The van der Waals surface area contributed by atoms with E-state index >= 15 is 0 Å². The minimum absolute atomic E-state index is 0.0420. The quantitative estimate of drug-likeness (QED) is 0.394. The summed E-state index contributed by atoms with van der Waals surface area (Å²) in [4.78, 5) is 17.8. The molecule has 7 nitrogen and oxygen atoms in total. The van der Waals surface area contributed by atoms with Crippen LogP contribution in [-0.2, 0) is 18.4 Å².